The summed E-state index contributed by atoms with van der Waals surface area (Å²) in [5.74, 6) is -0.293. The van der Waals surface area contributed by atoms with E-state index in [-0.39, 0.29) is 5.56 Å². The molecule has 23 heavy (non-hydrogen) atoms. The van der Waals surface area contributed by atoms with Crippen LogP contribution < -0.4 is 5.32 Å². The molecule has 0 amide bonds. The molecule has 5 nitrogen and oxygen atoms in total. The number of hydrogen-bond donors (Lipinski definition) is 2. The third-order valence-electron chi connectivity index (χ3n) is 3.42. The third-order valence-corrected chi connectivity index (χ3v) is 3.42. The van der Waals surface area contributed by atoms with E-state index in [1.54, 1.807) is 24.3 Å². The van der Waals surface area contributed by atoms with Gasteiger partial charge in [-0.3, -0.25) is 0 Å². The summed E-state index contributed by atoms with van der Waals surface area (Å²) < 4.78 is 0. The van der Waals surface area contributed by atoms with Crippen LogP contribution in [0.15, 0.2) is 60.9 Å². The van der Waals surface area contributed by atoms with Gasteiger partial charge in [0.15, 0.2) is 0 Å². The highest BCUT2D eigenvalue weighted by molar-refractivity contribution is 5.88. The number of aromatic nitrogens is 2. The molecule has 0 atom stereocenters. The molecule has 0 bridgehead atoms. The predicted molar refractivity (Wildman–Crippen MR) is 88.9 cm³/mol. The molecule has 0 aliphatic rings. The maximum absolute atomic E-state index is 10.9. The van der Waals surface area contributed by atoms with Crippen LogP contribution >= 0.6 is 0 Å². The molecule has 2 aromatic carbocycles. The molecule has 2 N–H and O–H groups in total. The highest BCUT2D eigenvalue weighted by Crippen LogP contribution is 2.21. The molecule has 114 valence electrons. The van der Waals surface area contributed by atoms with Gasteiger partial charge >= 0.3 is 5.97 Å². The third kappa shape index (κ3) is 3.52. The number of carbonyl (C=O) groups is 1. The molecule has 0 aliphatic carbocycles. The van der Waals surface area contributed by atoms with Gasteiger partial charge in [0.05, 0.1) is 11.3 Å². The summed E-state index contributed by atoms with van der Waals surface area (Å²) in [6.45, 7) is 2.04. The van der Waals surface area contributed by atoms with Crippen LogP contribution in [0.5, 0.6) is 0 Å². The molecule has 1 heterocycles. The van der Waals surface area contributed by atoms with E-state index in [1.807, 2.05) is 37.3 Å². The molecule has 0 saturated heterocycles. The van der Waals surface area contributed by atoms with Crippen LogP contribution in [0.3, 0.4) is 0 Å². The van der Waals surface area contributed by atoms with Crippen LogP contribution in [0.1, 0.15) is 15.9 Å². The van der Waals surface area contributed by atoms with Crippen molar-refractivity contribution in [1.82, 2.24) is 9.97 Å². The number of carboxylic acid groups (broad SMARTS) is 1. The first kappa shape index (κ1) is 14.7. The van der Waals surface area contributed by atoms with Crippen LogP contribution in [-0.4, -0.2) is 21.0 Å². The summed E-state index contributed by atoms with van der Waals surface area (Å²) in [6.07, 6.45) is 1.50. The summed E-state index contributed by atoms with van der Waals surface area (Å²) in [4.78, 5) is 19.3. The summed E-state index contributed by atoms with van der Waals surface area (Å²) in [7, 11) is 0. The van der Waals surface area contributed by atoms with Gasteiger partial charge in [-0.1, -0.05) is 29.8 Å². The van der Waals surface area contributed by atoms with Gasteiger partial charge in [0.1, 0.15) is 12.1 Å². The number of carboxylic acids is 1. The number of aryl methyl sites for hydroxylation is 1. The van der Waals surface area contributed by atoms with Crippen molar-refractivity contribution in [1.29, 1.82) is 0 Å². The van der Waals surface area contributed by atoms with Crippen molar-refractivity contribution in [2.45, 2.75) is 6.92 Å². The fraction of sp³-hybridized carbons (Fsp3) is 0.0556. The molecule has 3 aromatic rings. The van der Waals surface area contributed by atoms with Crippen LogP contribution in [0.4, 0.5) is 11.5 Å². The Bertz CT molecular complexity index is 828. The van der Waals surface area contributed by atoms with E-state index >= 15 is 0 Å². The number of anilines is 2. The molecule has 0 saturated carbocycles. The van der Waals surface area contributed by atoms with Crippen molar-refractivity contribution < 1.29 is 9.90 Å². The topological polar surface area (TPSA) is 75.1 Å². The van der Waals surface area contributed by atoms with Gasteiger partial charge in [0.2, 0.25) is 0 Å². The lowest BCUT2D eigenvalue weighted by Crippen LogP contribution is -1.98. The Morgan fingerprint density at radius 3 is 2.35 bits per heavy atom. The Morgan fingerprint density at radius 2 is 1.70 bits per heavy atom. The standard InChI is InChI=1S/C18H15N3O2/c1-12-2-4-13(5-3-12)16-10-17(20-11-19-16)21-15-8-6-14(7-9-15)18(22)23/h2-11H,1H3,(H,22,23)(H,19,20,21). The maximum atomic E-state index is 10.9. The fourth-order valence-corrected chi connectivity index (χ4v) is 2.15. The van der Waals surface area contributed by atoms with Crippen LogP contribution in [-0.2, 0) is 0 Å². The molecular formula is C18H15N3O2. The lowest BCUT2D eigenvalue weighted by Gasteiger charge is -2.07. The summed E-state index contributed by atoms with van der Waals surface area (Å²) in [6, 6.07) is 16.5. The minimum Gasteiger partial charge on any atom is -0.478 e. The SMILES string of the molecule is Cc1ccc(-c2cc(Nc3ccc(C(=O)O)cc3)ncn2)cc1. The zero-order valence-corrected chi connectivity index (χ0v) is 12.5. The van der Waals surface area contributed by atoms with Gasteiger partial charge in [0, 0.05) is 17.3 Å². The second-order valence-corrected chi connectivity index (χ2v) is 5.16. The number of nitrogens with zero attached hydrogens (tertiary/aromatic N) is 2. The van der Waals surface area contributed by atoms with Crippen molar-refractivity contribution >= 4 is 17.5 Å². The van der Waals surface area contributed by atoms with Gasteiger partial charge in [-0.2, -0.15) is 0 Å². The van der Waals surface area contributed by atoms with Crippen molar-refractivity contribution in [3.63, 3.8) is 0 Å². The summed E-state index contributed by atoms with van der Waals surface area (Å²) in [5, 5.41) is 12.1. The van der Waals surface area contributed by atoms with E-state index in [4.69, 9.17) is 5.11 Å². The smallest absolute Gasteiger partial charge is 0.335 e. The van der Waals surface area contributed by atoms with E-state index in [2.05, 4.69) is 15.3 Å². The Morgan fingerprint density at radius 1 is 1.00 bits per heavy atom. The molecule has 3 rings (SSSR count). The Kier molecular flexibility index (Phi) is 4.01. The Balaban J connectivity index is 1.82. The number of benzene rings is 2. The second kappa shape index (κ2) is 6.27. The van der Waals surface area contributed by atoms with Crippen molar-refractivity contribution in [3.8, 4) is 11.3 Å². The lowest BCUT2D eigenvalue weighted by atomic mass is 10.1. The molecule has 5 heteroatoms. The number of aromatic carboxylic acids is 1. The Labute approximate surface area is 133 Å². The molecule has 0 fully saturated rings. The number of hydrogen-bond acceptors (Lipinski definition) is 4. The predicted octanol–water partition coefficient (Wildman–Crippen LogP) is 3.89. The number of nitrogens with one attached hydrogen (secondary N) is 1. The zero-order chi connectivity index (χ0) is 16.2. The lowest BCUT2D eigenvalue weighted by molar-refractivity contribution is 0.0697. The van der Waals surface area contributed by atoms with Crippen LogP contribution in [0, 0.1) is 6.92 Å². The first-order valence-electron chi connectivity index (χ1n) is 7.11. The summed E-state index contributed by atoms with van der Waals surface area (Å²) in [5.41, 5.74) is 4.05. The largest absolute Gasteiger partial charge is 0.478 e. The van der Waals surface area contributed by atoms with E-state index in [9.17, 15) is 4.79 Å². The first-order chi connectivity index (χ1) is 11.1. The molecule has 0 aliphatic heterocycles. The Hall–Kier alpha value is -3.21. The van der Waals surface area contributed by atoms with Gasteiger partial charge in [-0.05, 0) is 31.2 Å². The molecule has 1 aromatic heterocycles. The minimum atomic E-state index is -0.944. The highest BCUT2D eigenvalue weighted by Gasteiger charge is 2.04. The van der Waals surface area contributed by atoms with Crippen LogP contribution in [0.2, 0.25) is 0 Å². The molecule has 0 unspecified atom stereocenters. The average molecular weight is 305 g/mol. The van der Waals surface area contributed by atoms with Gasteiger partial charge < -0.3 is 10.4 Å². The first-order valence-corrected chi connectivity index (χ1v) is 7.11. The summed E-state index contributed by atoms with van der Waals surface area (Å²) >= 11 is 0. The highest BCUT2D eigenvalue weighted by atomic mass is 16.4. The quantitative estimate of drug-likeness (QED) is 0.764. The van der Waals surface area contributed by atoms with E-state index in [0.29, 0.717) is 5.82 Å². The van der Waals surface area contributed by atoms with Crippen molar-refractivity contribution in [3.05, 3.63) is 72.1 Å². The maximum Gasteiger partial charge on any atom is 0.335 e. The second-order valence-electron chi connectivity index (χ2n) is 5.16. The van der Waals surface area contributed by atoms with Gasteiger partial charge in [-0.15, -0.1) is 0 Å². The van der Waals surface area contributed by atoms with Gasteiger partial charge in [-0.25, -0.2) is 14.8 Å². The monoisotopic (exact) mass is 305 g/mol. The van der Waals surface area contributed by atoms with E-state index in [1.165, 1.54) is 11.9 Å². The zero-order valence-electron chi connectivity index (χ0n) is 12.5. The van der Waals surface area contributed by atoms with Crippen LogP contribution in [0.25, 0.3) is 11.3 Å². The van der Waals surface area contributed by atoms with Crippen molar-refractivity contribution in [2.24, 2.45) is 0 Å². The molecule has 0 radical (unpaired) electrons. The molecular weight excluding hydrogens is 290 g/mol. The van der Waals surface area contributed by atoms with Gasteiger partial charge in [0.25, 0.3) is 0 Å². The van der Waals surface area contributed by atoms with E-state index < -0.39 is 5.97 Å². The van der Waals surface area contributed by atoms with E-state index in [0.717, 1.165) is 16.9 Å². The molecule has 0 spiro atoms. The minimum absolute atomic E-state index is 0.249. The average Bonchev–Trinajstić information content (AvgIpc) is 2.56. The number of rotatable bonds is 4. The normalized spacial score (nSPS) is 10.3. The fourth-order valence-electron chi connectivity index (χ4n) is 2.15. The van der Waals surface area contributed by atoms with Crippen molar-refractivity contribution in [2.75, 3.05) is 5.32 Å².